The summed E-state index contributed by atoms with van der Waals surface area (Å²) in [7, 11) is 1.53. The highest BCUT2D eigenvalue weighted by atomic mass is 32.1. The molecule has 0 saturated carbocycles. The van der Waals surface area contributed by atoms with E-state index in [0.29, 0.717) is 35.3 Å². The van der Waals surface area contributed by atoms with Crippen LogP contribution in [-0.4, -0.2) is 47.4 Å². The lowest BCUT2D eigenvalue weighted by molar-refractivity contribution is 0.119. The number of tetrazole rings is 1. The van der Waals surface area contributed by atoms with E-state index in [0.717, 1.165) is 15.3 Å². The Labute approximate surface area is 179 Å². The predicted octanol–water partition coefficient (Wildman–Crippen LogP) is 3.05. The first-order valence-electron chi connectivity index (χ1n) is 9.16. The number of rotatable bonds is 6. The van der Waals surface area contributed by atoms with Crippen LogP contribution in [0, 0.1) is 0 Å². The molecule has 0 spiro atoms. The number of ether oxygens (including phenoxy) is 1. The van der Waals surface area contributed by atoms with E-state index in [-0.39, 0.29) is 0 Å². The largest absolute Gasteiger partial charge is 0.480 e. The Bertz CT molecular complexity index is 1240. The average molecular weight is 440 g/mol. The average Bonchev–Trinajstić information content (AvgIpc) is 3.58. The first kappa shape index (κ1) is 18.9. The number of nitrogens with one attached hydrogen (secondary N) is 1. The molecule has 0 radical (unpaired) electrons. The molecule has 0 saturated heterocycles. The quantitative estimate of drug-likeness (QED) is 0.418. The maximum Gasteiger partial charge on any atom is 0.226 e. The van der Waals surface area contributed by atoms with Gasteiger partial charge in [-0.2, -0.15) is 10.2 Å². The van der Waals surface area contributed by atoms with Gasteiger partial charge in [-0.25, -0.2) is 4.98 Å². The van der Waals surface area contributed by atoms with Crippen molar-refractivity contribution in [3.63, 3.8) is 0 Å². The van der Waals surface area contributed by atoms with Gasteiger partial charge in [-0.05, 0) is 41.1 Å². The lowest BCUT2D eigenvalue weighted by Gasteiger charge is -2.26. The highest BCUT2D eigenvalue weighted by Gasteiger charge is 2.41. The summed E-state index contributed by atoms with van der Waals surface area (Å²) in [5.74, 6) is 1.22. The van der Waals surface area contributed by atoms with E-state index < -0.39 is 5.60 Å². The number of fused-ring (bicyclic) bond motifs is 1. The van der Waals surface area contributed by atoms with Gasteiger partial charge in [-0.3, -0.25) is 0 Å². The third kappa shape index (κ3) is 2.74. The summed E-state index contributed by atoms with van der Waals surface area (Å²) in [4.78, 5) is 10.9. The zero-order chi connectivity index (χ0) is 20.7. The van der Waals surface area contributed by atoms with Crippen LogP contribution in [0.4, 0.5) is 0 Å². The van der Waals surface area contributed by atoms with Crippen molar-refractivity contribution in [3.05, 3.63) is 56.7 Å². The smallest absolute Gasteiger partial charge is 0.226 e. The number of methoxy groups -OCH3 is 1. The van der Waals surface area contributed by atoms with E-state index in [4.69, 9.17) is 9.72 Å². The molecule has 0 unspecified atom stereocenters. The van der Waals surface area contributed by atoms with E-state index in [1.807, 2.05) is 52.6 Å². The molecular weight excluding hydrogens is 422 g/mol. The Balaban J connectivity index is 1.81. The number of aryl methyl sites for hydroxylation is 1. The minimum Gasteiger partial charge on any atom is -0.480 e. The van der Waals surface area contributed by atoms with Crippen LogP contribution in [0.3, 0.4) is 0 Å². The van der Waals surface area contributed by atoms with Crippen LogP contribution in [-0.2, 0) is 12.1 Å². The van der Waals surface area contributed by atoms with Gasteiger partial charge in [0.15, 0.2) is 17.1 Å². The van der Waals surface area contributed by atoms with Gasteiger partial charge in [-0.15, -0.1) is 32.9 Å². The Morgan fingerprint density at radius 1 is 1.17 bits per heavy atom. The molecule has 11 heteroatoms. The minimum atomic E-state index is -1.39. The summed E-state index contributed by atoms with van der Waals surface area (Å²) in [5.41, 5.74) is 0.427. The summed E-state index contributed by atoms with van der Waals surface area (Å²) >= 11 is 2.97. The number of thiophene rings is 2. The number of nitrogens with zero attached hydrogens (tertiary/aromatic N) is 6. The fourth-order valence-corrected chi connectivity index (χ4v) is 5.26. The topological polar surface area (TPSA) is 115 Å². The Kier molecular flexibility index (Phi) is 4.57. The second kappa shape index (κ2) is 7.27. The molecule has 0 aromatic carbocycles. The van der Waals surface area contributed by atoms with E-state index in [1.165, 1.54) is 29.8 Å². The van der Waals surface area contributed by atoms with Crippen molar-refractivity contribution in [2.45, 2.75) is 19.1 Å². The highest BCUT2D eigenvalue weighted by Crippen LogP contribution is 2.42. The van der Waals surface area contributed by atoms with Gasteiger partial charge in [0.25, 0.3) is 0 Å². The number of pyridine rings is 1. The van der Waals surface area contributed by atoms with Gasteiger partial charge in [0, 0.05) is 16.3 Å². The predicted molar refractivity (Wildman–Crippen MR) is 114 cm³/mol. The van der Waals surface area contributed by atoms with Crippen molar-refractivity contribution < 1.29 is 9.84 Å². The van der Waals surface area contributed by atoms with Gasteiger partial charge in [0.2, 0.25) is 11.7 Å². The molecule has 152 valence electrons. The molecule has 5 heterocycles. The molecule has 5 aromatic heterocycles. The summed E-state index contributed by atoms with van der Waals surface area (Å²) in [5, 5.41) is 30.1. The maximum absolute atomic E-state index is 12.0. The summed E-state index contributed by atoms with van der Waals surface area (Å²) in [6.45, 7) is 2.59. The molecule has 0 aliphatic rings. The second-order valence-electron chi connectivity index (χ2n) is 6.47. The van der Waals surface area contributed by atoms with Crippen molar-refractivity contribution in [1.29, 1.82) is 0 Å². The third-order valence-electron chi connectivity index (χ3n) is 4.88. The second-order valence-corrected chi connectivity index (χ2v) is 8.36. The van der Waals surface area contributed by atoms with Crippen LogP contribution in [0.15, 0.2) is 41.1 Å². The third-order valence-corrected chi connectivity index (χ3v) is 6.84. The number of aliphatic hydroxyl groups is 1. The number of aromatic amines is 1. The number of H-pyrrole nitrogens is 1. The van der Waals surface area contributed by atoms with Crippen molar-refractivity contribution in [3.8, 4) is 17.3 Å². The van der Waals surface area contributed by atoms with Crippen molar-refractivity contribution in [2.24, 2.45) is 0 Å². The number of hydrogen-bond acceptors (Lipinski definition) is 9. The molecule has 5 rings (SSSR count). The standard InChI is InChI=1S/C19H17N7O2S2/c1-3-26-12-10-11(15-22-24-25-23-15)17(28-2)20-16(12)21-18(26)19(27,13-6-4-8-29-13)14-7-5-9-30-14/h4-10,27H,3H2,1-2H3,(H,22,23,24,25). The first-order chi connectivity index (χ1) is 14.7. The summed E-state index contributed by atoms with van der Waals surface area (Å²) in [6, 6.07) is 9.56. The molecule has 0 atom stereocenters. The normalized spacial score (nSPS) is 12.0. The SMILES string of the molecule is CCn1c(C(O)(c2cccs2)c2cccs2)nc2nc(OC)c(-c3nn[nH]n3)cc21. The Morgan fingerprint density at radius 2 is 1.90 bits per heavy atom. The molecule has 0 bridgehead atoms. The summed E-state index contributed by atoms with van der Waals surface area (Å²) in [6.07, 6.45) is 0. The van der Waals surface area contributed by atoms with Crippen LogP contribution in [0.5, 0.6) is 5.88 Å². The van der Waals surface area contributed by atoms with E-state index in [2.05, 4.69) is 25.6 Å². The lowest BCUT2D eigenvalue weighted by Crippen LogP contribution is -2.30. The molecule has 0 aliphatic carbocycles. The van der Waals surface area contributed by atoms with Crippen molar-refractivity contribution >= 4 is 33.8 Å². The Hall–Kier alpha value is -3.15. The fourth-order valence-electron chi connectivity index (χ4n) is 3.53. The molecule has 30 heavy (non-hydrogen) atoms. The molecule has 0 aliphatic heterocycles. The van der Waals surface area contributed by atoms with E-state index >= 15 is 0 Å². The van der Waals surface area contributed by atoms with Crippen LogP contribution in [0.1, 0.15) is 22.5 Å². The molecule has 9 nitrogen and oxygen atoms in total. The maximum atomic E-state index is 12.0. The molecule has 5 aromatic rings. The first-order valence-corrected chi connectivity index (χ1v) is 10.9. The van der Waals surface area contributed by atoms with Gasteiger partial charge in [0.05, 0.1) is 18.2 Å². The monoisotopic (exact) mass is 439 g/mol. The zero-order valence-corrected chi connectivity index (χ0v) is 17.7. The zero-order valence-electron chi connectivity index (χ0n) is 16.1. The van der Waals surface area contributed by atoms with Gasteiger partial charge < -0.3 is 14.4 Å². The number of hydrogen-bond donors (Lipinski definition) is 2. The lowest BCUT2D eigenvalue weighted by atomic mass is 9.98. The minimum absolute atomic E-state index is 0.340. The highest BCUT2D eigenvalue weighted by molar-refractivity contribution is 7.11. The molecular formula is C19H17N7O2S2. The van der Waals surface area contributed by atoms with E-state index in [1.54, 1.807) is 0 Å². The van der Waals surface area contributed by atoms with Gasteiger partial charge in [-0.1, -0.05) is 12.1 Å². The van der Waals surface area contributed by atoms with Gasteiger partial charge in [0.1, 0.15) is 0 Å². The van der Waals surface area contributed by atoms with Gasteiger partial charge >= 0.3 is 0 Å². The van der Waals surface area contributed by atoms with Crippen molar-refractivity contribution in [1.82, 2.24) is 35.2 Å². The van der Waals surface area contributed by atoms with Crippen LogP contribution in [0.25, 0.3) is 22.6 Å². The van der Waals surface area contributed by atoms with Crippen LogP contribution >= 0.6 is 22.7 Å². The molecule has 2 N–H and O–H groups in total. The number of aromatic nitrogens is 7. The number of imidazole rings is 1. The van der Waals surface area contributed by atoms with Crippen molar-refractivity contribution in [2.75, 3.05) is 7.11 Å². The molecule has 0 amide bonds. The van der Waals surface area contributed by atoms with Crippen LogP contribution in [0.2, 0.25) is 0 Å². The molecule has 0 fully saturated rings. The Morgan fingerprint density at radius 3 is 2.43 bits per heavy atom. The van der Waals surface area contributed by atoms with Crippen LogP contribution < -0.4 is 4.74 Å². The van der Waals surface area contributed by atoms with E-state index in [9.17, 15) is 5.11 Å². The fraction of sp³-hybridized carbons (Fsp3) is 0.211. The summed E-state index contributed by atoms with van der Waals surface area (Å²) < 4.78 is 7.41.